The summed E-state index contributed by atoms with van der Waals surface area (Å²) >= 11 is 7.86. The zero-order valence-electron chi connectivity index (χ0n) is 17.4. The third-order valence-electron chi connectivity index (χ3n) is 5.82. The van der Waals surface area contributed by atoms with E-state index in [0.29, 0.717) is 35.8 Å². The predicted octanol–water partition coefficient (Wildman–Crippen LogP) is 4.75. The molecule has 3 aromatic heterocycles. The smallest absolute Gasteiger partial charge is 0.253 e. The van der Waals surface area contributed by atoms with Crippen molar-refractivity contribution < 1.29 is 9.18 Å². The van der Waals surface area contributed by atoms with Crippen LogP contribution in [0.3, 0.4) is 0 Å². The van der Waals surface area contributed by atoms with Gasteiger partial charge in [-0.1, -0.05) is 17.7 Å². The van der Waals surface area contributed by atoms with Gasteiger partial charge in [0.1, 0.15) is 23.1 Å². The molecule has 1 amide bonds. The summed E-state index contributed by atoms with van der Waals surface area (Å²) in [6, 6.07) is 5.17. The Morgan fingerprint density at radius 2 is 2.06 bits per heavy atom. The van der Waals surface area contributed by atoms with Crippen molar-refractivity contribution >= 4 is 55.1 Å². The standard InChI is InChI=1S/C22H20ClFN6OS/c1-10-11(2)29-30-22-17(10)18-19(32-22)20(27-9-26-18)25-8-12-3-4-15(16(23)5-12)21(31)28-14-6-13(24)7-14/h3-5,9,13-14H,6-8H2,1-2H3,(H,28,31)(H,25,26,27). The molecular formula is C22H20ClFN6OS. The first-order valence-electron chi connectivity index (χ1n) is 10.2. The molecule has 2 N–H and O–H groups in total. The van der Waals surface area contributed by atoms with E-state index in [1.165, 1.54) is 17.7 Å². The maximum absolute atomic E-state index is 13.0. The van der Waals surface area contributed by atoms with E-state index in [4.69, 9.17) is 11.6 Å². The summed E-state index contributed by atoms with van der Waals surface area (Å²) in [5, 5.41) is 16.0. The highest BCUT2D eigenvalue weighted by Gasteiger charge is 2.30. The number of nitrogens with zero attached hydrogens (tertiary/aromatic N) is 4. The monoisotopic (exact) mass is 470 g/mol. The fourth-order valence-electron chi connectivity index (χ4n) is 3.78. The maximum Gasteiger partial charge on any atom is 0.253 e. The SMILES string of the molecule is Cc1nnc2sc3c(NCc4ccc(C(=O)NC5CC(F)C5)c(Cl)c4)ncnc3c2c1C. The number of carbonyl (C=O) groups excluding carboxylic acids is 1. The van der Waals surface area contributed by atoms with Crippen LogP contribution in [0, 0.1) is 13.8 Å². The lowest BCUT2D eigenvalue weighted by Crippen LogP contribution is -2.45. The van der Waals surface area contributed by atoms with Crippen LogP contribution in [0.1, 0.15) is 40.0 Å². The molecule has 3 heterocycles. The average Bonchev–Trinajstić information content (AvgIpc) is 3.13. The molecule has 0 saturated heterocycles. The van der Waals surface area contributed by atoms with Gasteiger partial charge >= 0.3 is 0 Å². The number of alkyl halides is 1. The predicted molar refractivity (Wildman–Crippen MR) is 124 cm³/mol. The van der Waals surface area contributed by atoms with Gasteiger partial charge in [0.15, 0.2) is 0 Å². The lowest BCUT2D eigenvalue weighted by Gasteiger charge is -2.30. The largest absolute Gasteiger partial charge is 0.365 e. The molecule has 7 nitrogen and oxygen atoms in total. The molecule has 0 atom stereocenters. The van der Waals surface area contributed by atoms with Gasteiger partial charge in [-0.05, 0) is 49.9 Å². The van der Waals surface area contributed by atoms with Gasteiger partial charge < -0.3 is 10.6 Å². The highest BCUT2D eigenvalue weighted by Crippen LogP contribution is 2.36. The molecule has 1 aliphatic rings. The number of benzene rings is 1. The van der Waals surface area contributed by atoms with Gasteiger partial charge in [-0.15, -0.1) is 16.4 Å². The molecule has 5 rings (SSSR count). The van der Waals surface area contributed by atoms with Crippen molar-refractivity contribution in [3.8, 4) is 0 Å². The normalized spacial score (nSPS) is 18.0. The summed E-state index contributed by atoms with van der Waals surface area (Å²) in [5.74, 6) is 0.430. The van der Waals surface area contributed by atoms with Gasteiger partial charge in [-0.25, -0.2) is 14.4 Å². The molecule has 0 bridgehead atoms. The molecule has 0 radical (unpaired) electrons. The molecule has 1 fully saturated rings. The Kier molecular flexibility index (Phi) is 5.38. The zero-order valence-corrected chi connectivity index (χ0v) is 19.0. The quantitative estimate of drug-likeness (QED) is 0.437. The second-order valence-electron chi connectivity index (χ2n) is 8.00. The fraction of sp³-hybridized carbons (Fsp3) is 0.318. The Bertz CT molecular complexity index is 1350. The molecule has 1 aromatic carbocycles. The second-order valence-corrected chi connectivity index (χ2v) is 9.41. The molecule has 164 valence electrons. The molecule has 0 spiro atoms. The minimum Gasteiger partial charge on any atom is -0.365 e. The topological polar surface area (TPSA) is 92.7 Å². The summed E-state index contributed by atoms with van der Waals surface area (Å²) in [6.45, 7) is 4.43. The molecule has 0 unspecified atom stereocenters. The van der Waals surface area contributed by atoms with Gasteiger partial charge in [0, 0.05) is 18.0 Å². The van der Waals surface area contributed by atoms with Gasteiger partial charge in [0.05, 0.1) is 26.5 Å². The highest BCUT2D eigenvalue weighted by molar-refractivity contribution is 7.25. The van der Waals surface area contributed by atoms with Crippen molar-refractivity contribution in [2.45, 2.75) is 45.4 Å². The number of thiophene rings is 1. The molecule has 32 heavy (non-hydrogen) atoms. The van der Waals surface area contributed by atoms with Crippen LogP contribution in [-0.4, -0.2) is 38.3 Å². The van der Waals surface area contributed by atoms with E-state index in [-0.39, 0.29) is 11.9 Å². The fourth-order valence-corrected chi connectivity index (χ4v) is 5.16. The number of nitrogens with one attached hydrogen (secondary N) is 2. The van der Waals surface area contributed by atoms with Crippen LogP contribution >= 0.6 is 22.9 Å². The van der Waals surface area contributed by atoms with E-state index in [9.17, 15) is 9.18 Å². The molecule has 1 saturated carbocycles. The Balaban J connectivity index is 1.35. The van der Waals surface area contributed by atoms with Crippen LogP contribution in [0.5, 0.6) is 0 Å². The Hall–Kier alpha value is -2.91. The number of rotatable bonds is 5. The second kappa shape index (κ2) is 8.22. The Labute approximate surface area is 192 Å². The molecule has 10 heteroatoms. The third kappa shape index (κ3) is 3.75. The third-order valence-corrected chi connectivity index (χ3v) is 7.20. The zero-order chi connectivity index (χ0) is 22.4. The minimum absolute atomic E-state index is 0.117. The van der Waals surface area contributed by atoms with Gasteiger partial charge in [-0.2, -0.15) is 5.10 Å². The first-order valence-corrected chi connectivity index (χ1v) is 11.4. The van der Waals surface area contributed by atoms with Crippen molar-refractivity contribution in [1.29, 1.82) is 0 Å². The van der Waals surface area contributed by atoms with E-state index >= 15 is 0 Å². The van der Waals surface area contributed by atoms with Crippen molar-refractivity contribution in [1.82, 2.24) is 25.5 Å². The van der Waals surface area contributed by atoms with Gasteiger partial charge in [0.2, 0.25) is 0 Å². The van der Waals surface area contributed by atoms with E-state index < -0.39 is 6.17 Å². The van der Waals surface area contributed by atoms with Crippen molar-refractivity contribution in [2.24, 2.45) is 0 Å². The number of fused-ring (bicyclic) bond motifs is 3. The molecular weight excluding hydrogens is 451 g/mol. The minimum atomic E-state index is -0.821. The summed E-state index contributed by atoms with van der Waals surface area (Å²) in [6.07, 6.45) is 1.44. The van der Waals surface area contributed by atoms with Crippen LogP contribution in [0.25, 0.3) is 20.4 Å². The summed E-state index contributed by atoms with van der Waals surface area (Å²) in [4.78, 5) is 22.1. The molecule has 0 aliphatic heterocycles. The number of carbonyl (C=O) groups is 1. The first-order chi connectivity index (χ1) is 15.4. The Morgan fingerprint density at radius 1 is 1.25 bits per heavy atom. The van der Waals surface area contributed by atoms with Crippen LogP contribution < -0.4 is 10.6 Å². The van der Waals surface area contributed by atoms with E-state index in [1.54, 1.807) is 12.1 Å². The van der Waals surface area contributed by atoms with E-state index in [0.717, 1.165) is 37.3 Å². The van der Waals surface area contributed by atoms with Crippen molar-refractivity contribution in [3.63, 3.8) is 0 Å². The first kappa shape index (κ1) is 21.0. The molecule has 1 aliphatic carbocycles. The lowest BCUT2D eigenvalue weighted by molar-refractivity contribution is 0.0860. The lowest BCUT2D eigenvalue weighted by atomic mass is 9.90. The van der Waals surface area contributed by atoms with Crippen LogP contribution in [0.2, 0.25) is 5.02 Å². The van der Waals surface area contributed by atoms with E-state index in [2.05, 4.69) is 30.8 Å². The molecule has 4 aromatic rings. The number of hydrogen-bond acceptors (Lipinski definition) is 7. The summed E-state index contributed by atoms with van der Waals surface area (Å²) in [5.41, 5.74) is 4.09. The summed E-state index contributed by atoms with van der Waals surface area (Å²) < 4.78 is 13.9. The number of aryl methyl sites for hydroxylation is 2. The number of anilines is 1. The van der Waals surface area contributed by atoms with E-state index in [1.807, 2.05) is 19.9 Å². The summed E-state index contributed by atoms with van der Waals surface area (Å²) in [7, 11) is 0. The van der Waals surface area contributed by atoms with Crippen LogP contribution in [0.15, 0.2) is 24.5 Å². The van der Waals surface area contributed by atoms with Crippen LogP contribution in [-0.2, 0) is 6.54 Å². The number of aromatic nitrogens is 4. The van der Waals surface area contributed by atoms with Crippen LogP contribution in [0.4, 0.5) is 10.2 Å². The van der Waals surface area contributed by atoms with Crippen molar-refractivity contribution in [2.75, 3.05) is 5.32 Å². The van der Waals surface area contributed by atoms with Gasteiger partial charge in [0.25, 0.3) is 5.91 Å². The Morgan fingerprint density at radius 3 is 2.81 bits per heavy atom. The van der Waals surface area contributed by atoms with Gasteiger partial charge in [-0.3, -0.25) is 4.79 Å². The highest BCUT2D eigenvalue weighted by atomic mass is 35.5. The van der Waals surface area contributed by atoms with Crippen molar-refractivity contribution in [3.05, 3.63) is 51.9 Å². The maximum atomic E-state index is 13.0. The average molecular weight is 471 g/mol. The number of amides is 1. The number of halogens is 2. The number of hydrogen-bond donors (Lipinski definition) is 2.